The number of ether oxygens (including phenoxy) is 1. The Morgan fingerprint density at radius 2 is 2.15 bits per heavy atom. The van der Waals surface area contributed by atoms with Gasteiger partial charge in [0.15, 0.2) is 10.9 Å². The summed E-state index contributed by atoms with van der Waals surface area (Å²) in [5, 5.41) is 2.03. The van der Waals surface area contributed by atoms with Crippen molar-refractivity contribution < 1.29 is 14.3 Å². The normalized spacial score (nSPS) is 29.9. The molecule has 3 aliphatic rings. The van der Waals surface area contributed by atoms with Crippen molar-refractivity contribution in [2.75, 3.05) is 18.9 Å². The zero-order valence-corrected chi connectivity index (χ0v) is 14.8. The van der Waals surface area contributed by atoms with Gasteiger partial charge in [-0.2, -0.15) is 0 Å². The molecule has 0 unspecified atom stereocenters. The Morgan fingerprint density at radius 3 is 2.88 bits per heavy atom. The van der Waals surface area contributed by atoms with Gasteiger partial charge in [0.05, 0.1) is 25.1 Å². The average molecular weight is 370 g/mol. The number of amides is 2. The molecule has 3 atom stereocenters. The fraction of sp³-hybridized carbons (Fsp3) is 0.389. The highest BCUT2D eigenvalue weighted by atomic mass is 32.1. The number of anilines is 1. The lowest BCUT2D eigenvalue weighted by atomic mass is 10.0. The van der Waals surface area contributed by atoms with Gasteiger partial charge in [0.25, 0.3) is 5.91 Å². The molecule has 3 aliphatic heterocycles. The van der Waals surface area contributed by atoms with Crippen LogP contribution in [0.2, 0.25) is 0 Å². The van der Waals surface area contributed by atoms with Crippen LogP contribution >= 0.6 is 11.3 Å². The maximum atomic E-state index is 12.9. The van der Waals surface area contributed by atoms with Crippen molar-refractivity contribution in [3.8, 4) is 0 Å². The summed E-state index contributed by atoms with van der Waals surface area (Å²) in [5.41, 5.74) is 6.35. The molecule has 8 heteroatoms. The summed E-state index contributed by atoms with van der Waals surface area (Å²) in [4.78, 5) is 33.4. The van der Waals surface area contributed by atoms with Gasteiger partial charge in [-0.3, -0.25) is 9.59 Å². The lowest BCUT2D eigenvalue weighted by Crippen LogP contribution is -2.49. The molecule has 0 saturated carbocycles. The molecule has 7 nitrogen and oxygen atoms in total. The van der Waals surface area contributed by atoms with Crippen molar-refractivity contribution in [1.82, 2.24) is 14.8 Å². The second-order valence-corrected chi connectivity index (χ2v) is 7.78. The molecule has 0 aliphatic carbocycles. The Kier molecular flexibility index (Phi) is 3.35. The standard InChI is InChI=1S/C18H18N4O3S/c19-17-20-12(10-26-17)16(24)21-7-6-18-14(21)8-15(23)22(18)13(9-25-18)11-4-2-1-3-5-11/h1-5,10,13-14H,6-9H2,(H2,19,20)/t13-,14+,18-/m0/s1. The quantitative estimate of drug-likeness (QED) is 0.868. The molecule has 2 amide bonds. The fourth-order valence-corrected chi connectivity index (χ4v) is 5.08. The number of aromatic nitrogens is 1. The van der Waals surface area contributed by atoms with E-state index in [0.717, 1.165) is 5.56 Å². The number of likely N-dealkylation sites (tertiary alicyclic amines) is 1. The molecule has 0 radical (unpaired) electrons. The maximum Gasteiger partial charge on any atom is 0.273 e. The van der Waals surface area contributed by atoms with E-state index in [0.29, 0.717) is 30.4 Å². The molecule has 5 rings (SSSR count). The predicted molar refractivity (Wildman–Crippen MR) is 95.3 cm³/mol. The number of hydrogen-bond acceptors (Lipinski definition) is 6. The van der Waals surface area contributed by atoms with Gasteiger partial charge in [0, 0.05) is 18.3 Å². The number of carbonyl (C=O) groups excluding carboxylic acids is 2. The minimum atomic E-state index is -0.713. The van der Waals surface area contributed by atoms with Crippen LogP contribution in [-0.2, 0) is 9.53 Å². The van der Waals surface area contributed by atoms with Crippen molar-refractivity contribution in [3.05, 3.63) is 47.0 Å². The van der Waals surface area contributed by atoms with Crippen molar-refractivity contribution in [1.29, 1.82) is 0 Å². The largest absolute Gasteiger partial charge is 0.375 e. The highest BCUT2D eigenvalue weighted by Crippen LogP contribution is 2.51. The van der Waals surface area contributed by atoms with E-state index in [2.05, 4.69) is 4.98 Å². The van der Waals surface area contributed by atoms with E-state index < -0.39 is 5.72 Å². The first-order chi connectivity index (χ1) is 12.6. The minimum Gasteiger partial charge on any atom is -0.375 e. The number of nitrogens with two attached hydrogens (primary N) is 1. The molecule has 1 aromatic carbocycles. The first-order valence-corrected chi connectivity index (χ1v) is 9.51. The van der Waals surface area contributed by atoms with E-state index in [4.69, 9.17) is 10.5 Å². The Hall–Kier alpha value is -2.45. The van der Waals surface area contributed by atoms with Gasteiger partial charge in [0.2, 0.25) is 5.91 Å². The van der Waals surface area contributed by atoms with E-state index in [9.17, 15) is 9.59 Å². The summed E-state index contributed by atoms with van der Waals surface area (Å²) in [5.74, 6) is -0.141. The van der Waals surface area contributed by atoms with E-state index in [-0.39, 0.29) is 30.3 Å². The van der Waals surface area contributed by atoms with Gasteiger partial charge >= 0.3 is 0 Å². The Balaban J connectivity index is 1.47. The second kappa shape index (κ2) is 5.52. The van der Waals surface area contributed by atoms with Crippen LogP contribution in [0.1, 0.15) is 34.9 Å². The van der Waals surface area contributed by atoms with Crippen LogP contribution in [-0.4, -0.2) is 51.5 Å². The van der Waals surface area contributed by atoms with Gasteiger partial charge in [-0.1, -0.05) is 30.3 Å². The summed E-state index contributed by atoms with van der Waals surface area (Å²) in [6.07, 6.45) is 0.910. The molecule has 134 valence electrons. The van der Waals surface area contributed by atoms with Gasteiger partial charge in [-0.15, -0.1) is 11.3 Å². The molecule has 26 heavy (non-hydrogen) atoms. The number of rotatable bonds is 2. The van der Waals surface area contributed by atoms with Crippen LogP contribution in [0.4, 0.5) is 5.13 Å². The summed E-state index contributed by atoms with van der Waals surface area (Å²) >= 11 is 1.24. The van der Waals surface area contributed by atoms with Gasteiger partial charge in [-0.25, -0.2) is 4.98 Å². The molecule has 2 aromatic rings. The molecule has 1 spiro atoms. The van der Waals surface area contributed by atoms with Crippen molar-refractivity contribution >= 4 is 28.3 Å². The third-order valence-electron chi connectivity index (χ3n) is 5.64. The van der Waals surface area contributed by atoms with Crippen LogP contribution < -0.4 is 5.73 Å². The summed E-state index contributed by atoms with van der Waals surface area (Å²) in [6.45, 7) is 1.00. The summed E-state index contributed by atoms with van der Waals surface area (Å²) in [7, 11) is 0. The van der Waals surface area contributed by atoms with Crippen molar-refractivity contribution in [2.24, 2.45) is 0 Å². The first kappa shape index (κ1) is 15.8. The fourth-order valence-electron chi connectivity index (χ4n) is 4.54. The molecule has 4 heterocycles. The monoisotopic (exact) mass is 370 g/mol. The Bertz CT molecular complexity index is 886. The van der Waals surface area contributed by atoms with Crippen LogP contribution in [0, 0.1) is 0 Å². The van der Waals surface area contributed by atoms with Crippen molar-refractivity contribution in [2.45, 2.75) is 30.7 Å². The van der Waals surface area contributed by atoms with E-state index in [1.165, 1.54) is 11.3 Å². The van der Waals surface area contributed by atoms with E-state index >= 15 is 0 Å². The number of hydrogen-bond donors (Lipinski definition) is 1. The zero-order chi connectivity index (χ0) is 17.9. The zero-order valence-electron chi connectivity index (χ0n) is 14.0. The number of nitrogen functional groups attached to an aromatic ring is 1. The Labute approximate surface area is 154 Å². The molecule has 1 aromatic heterocycles. The lowest BCUT2D eigenvalue weighted by Gasteiger charge is -2.33. The summed E-state index contributed by atoms with van der Waals surface area (Å²) < 4.78 is 6.22. The van der Waals surface area contributed by atoms with Crippen molar-refractivity contribution in [3.63, 3.8) is 0 Å². The van der Waals surface area contributed by atoms with Gasteiger partial charge < -0.3 is 20.3 Å². The van der Waals surface area contributed by atoms with Gasteiger partial charge in [0.1, 0.15) is 5.69 Å². The predicted octanol–water partition coefficient (Wildman–Crippen LogP) is 1.64. The number of benzene rings is 1. The SMILES string of the molecule is Nc1nc(C(=O)N2CC[C@@]34OC[C@@H](c5ccccc5)N3C(=O)C[C@@H]24)cs1. The highest BCUT2D eigenvalue weighted by Gasteiger charge is 2.65. The van der Waals surface area contributed by atoms with Gasteiger partial charge in [-0.05, 0) is 5.56 Å². The van der Waals surface area contributed by atoms with Crippen LogP contribution in [0.5, 0.6) is 0 Å². The summed E-state index contributed by atoms with van der Waals surface area (Å²) in [6, 6.07) is 9.55. The second-order valence-electron chi connectivity index (χ2n) is 6.89. The molecule has 3 fully saturated rings. The number of carbonyl (C=O) groups is 2. The van der Waals surface area contributed by atoms with E-state index in [1.807, 2.05) is 35.2 Å². The first-order valence-electron chi connectivity index (χ1n) is 8.63. The molecule has 2 N–H and O–H groups in total. The number of thiazole rings is 1. The van der Waals surface area contributed by atoms with Crippen LogP contribution in [0.3, 0.4) is 0 Å². The third-order valence-corrected chi connectivity index (χ3v) is 6.32. The number of nitrogens with zero attached hydrogens (tertiary/aromatic N) is 3. The topological polar surface area (TPSA) is 88.8 Å². The molecule has 0 bridgehead atoms. The third kappa shape index (κ3) is 2.05. The lowest BCUT2D eigenvalue weighted by molar-refractivity contribution is -0.138. The van der Waals surface area contributed by atoms with E-state index in [1.54, 1.807) is 10.3 Å². The highest BCUT2D eigenvalue weighted by molar-refractivity contribution is 7.13. The van der Waals surface area contributed by atoms with Crippen LogP contribution in [0.15, 0.2) is 35.7 Å². The minimum absolute atomic E-state index is 0.0386. The molecular formula is C18H18N4O3S. The Morgan fingerprint density at radius 1 is 1.35 bits per heavy atom. The molecule has 3 saturated heterocycles. The average Bonchev–Trinajstić information content (AvgIpc) is 3.38. The smallest absolute Gasteiger partial charge is 0.273 e. The maximum absolute atomic E-state index is 12.9. The van der Waals surface area contributed by atoms with Crippen LogP contribution in [0.25, 0.3) is 0 Å². The molecular weight excluding hydrogens is 352 g/mol.